The van der Waals surface area contributed by atoms with Crippen LogP contribution in [-0.2, 0) is 6.42 Å². The van der Waals surface area contributed by atoms with Gasteiger partial charge in [-0.1, -0.05) is 12.1 Å². The summed E-state index contributed by atoms with van der Waals surface area (Å²) in [6, 6.07) is 11.7. The molecule has 132 valence electrons. The predicted octanol–water partition coefficient (Wildman–Crippen LogP) is 2.91. The molecule has 1 aliphatic heterocycles. The van der Waals surface area contributed by atoms with Gasteiger partial charge in [0.05, 0.1) is 5.52 Å². The normalized spacial score (nSPS) is 15.4. The second-order valence-electron chi connectivity index (χ2n) is 6.74. The third-order valence-corrected chi connectivity index (χ3v) is 4.87. The highest BCUT2D eigenvalue weighted by Gasteiger charge is 2.30. The molecule has 0 radical (unpaired) electrons. The molecule has 0 unspecified atom stereocenters. The fraction of sp³-hybridized carbons (Fsp3) is 0.300. The van der Waals surface area contributed by atoms with Crippen LogP contribution in [0.15, 0.2) is 42.6 Å². The van der Waals surface area contributed by atoms with Crippen LogP contribution in [0.3, 0.4) is 0 Å². The Labute approximate surface area is 150 Å². The van der Waals surface area contributed by atoms with E-state index in [2.05, 4.69) is 10.3 Å². The van der Waals surface area contributed by atoms with Gasteiger partial charge in [-0.25, -0.2) is 4.98 Å². The third kappa shape index (κ3) is 2.67. The molecule has 3 heterocycles. The molecule has 3 aromatic rings. The first-order chi connectivity index (χ1) is 12.8. The Hall–Kier alpha value is -3.02. The van der Waals surface area contributed by atoms with Gasteiger partial charge in [-0.3, -0.25) is 4.79 Å². The zero-order chi connectivity index (χ0) is 17.5. The molecule has 1 fully saturated rings. The average molecular weight is 349 g/mol. The van der Waals surface area contributed by atoms with Gasteiger partial charge in [0.2, 0.25) is 6.79 Å². The highest BCUT2D eigenvalue weighted by Crippen LogP contribution is 2.40. The topological polar surface area (TPSA) is 64.9 Å². The van der Waals surface area contributed by atoms with Crippen molar-refractivity contribution in [2.24, 2.45) is 0 Å². The number of pyridine rings is 1. The lowest BCUT2D eigenvalue weighted by molar-refractivity contribution is 0.0951. The van der Waals surface area contributed by atoms with Gasteiger partial charge < -0.3 is 19.2 Å². The van der Waals surface area contributed by atoms with Gasteiger partial charge in [-0.15, -0.1) is 0 Å². The monoisotopic (exact) mass is 349 g/mol. The fourth-order valence-electron chi connectivity index (χ4n) is 3.36. The minimum absolute atomic E-state index is 0.124. The number of nitrogens with one attached hydrogen (secondary N) is 1. The highest BCUT2D eigenvalue weighted by atomic mass is 16.7. The zero-order valence-corrected chi connectivity index (χ0v) is 14.3. The summed E-state index contributed by atoms with van der Waals surface area (Å²) >= 11 is 0. The first-order valence-electron chi connectivity index (χ1n) is 8.93. The van der Waals surface area contributed by atoms with E-state index in [9.17, 15) is 4.79 Å². The Morgan fingerprint density at radius 1 is 1.19 bits per heavy atom. The summed E-state index contributed by atoms with van der Waals surface area (Å²) in [5, 5.41) is 2.99. The van der Waals surface area contributed by atoms with Crippen molar-refractivity contribution in [2.45, 2.75) is 25.2 Å². The summed E-state index contributed by atoms with van der Waals surface area (Å²) in [5.41, 5.74) is 2.48. The van der Waals surface area contributed by atoms with Gasteiger partial charge in [0.15, 0.2) is 17.2 Å². The maximum absolute atomic E-state index is 12.7. The number of fused-ring (bicyclic) bond motifs is 2. The molecule has 6 heteroatoms. The van der Waals surface area contributed by atoms with Crippen LogP contribution in [0.2, 0.25) is 0 Å². The van der Waals surface area contributed by atoms with Crippen LogP contribution in [0, 0.1) is 0 Å². The van der Waals surface area contributed by atoms with Crippen molar-refractivity contribution in [3.05, 3.63) is 59.7 Å². The lowest BCUT2D eigenvalue weighted by Gasteiger charge is -2.05. The standard InChI is InChI=1S/C20H19N3O3/c24-20(21-9-8-13-4-7-16-17(11-13)26-12-25-16)18-15-3-1-2-10-23(15)19(22-18)14-5-6-14/h1-4,7,10-11,14H,5-6,8-9,12H2,(H,21,24). The number of ether oxygens (including phenoxy) is 2. The van der Waals surface area contributed by atoms with Gasteiger partial charge in [-0.2, -0.15) is 0 Å². The number of imidazole rings is 1. The number of rotatable bonds is 5. The smallest absolute Gasteiger partial charge is 0.272 e. The van der Waals surface area contributed by atoms with Crippen LogP contribution in [0.5, 0.6) is 11.5 Å². The van der Waals surface area contributed by atoms with Crippen LogP contribution >= 0.6 is 0 Å². The van der Waals surface area contributed by atoms with Gasteiger partial charge in [0.1, 0.15) is 5.82 Å². The van der Waals surface area contributed by atoms with E-state index in [1.807, 2.05) is 47.0 Å². The number of amides is 1. The van der Waals surface area contributed by atoms with Gasteiger partial charge in [-0.05, 0) is 49.1 Å². The quantitative estimate of drug-likeness (QED) is 0.769. The molecule has 26 heavy (non-hydrogen) atoms. The zero-order valence-electron chi connectivity index (χ0n) is 14.3. The molecule has 1 saturated carbocycles. The second-order valence-corrected chi connectivity index (χ2v) is 6.74. The van der Waals surface area contributed by atoms with E-state index in [0.29, 0.717) is 18.2 Å². The van der Waals surface area contributed by atoms with Crippen LogP contribution in [0.25, 0.3) is 5.52 Å². The number of benzene rings is 1. The molecule has 0 spiro atoms. The van der Waals surface area contributed by atoms with Crippen LogP contribution in [-0.4, -0.2) is 28.6 Å². The molecular weight excluding hydrogens is 330 g/mol. The maximum atomic E-state index is 12.7. The van der Waals surface area contributed by atoms with Crippen LogP contribution < -0.4 is 14.8 Å². The molecular formula is C20H19N3O3. The summed E-state index contributed by atoms with van der Waals surface area (Å²) in [6.45, 7) is 0.815. The summed E-state index contributed by atoms with van der Waals surface area (Å²) < 4.78 is 12.8. The summed E-state index contributed by atoms with van der Waals surface area (Å²) in [4.78, 5) is 17.3. The number of nitrogens with zero attached hydrogens (tertiary/aromatic N) is 2. The van der Waals surface area contributed by atoms with Gasteiger partial charge in [0, 0.05) is 18.7 Å². The van der Waals surface area contributed by atoms with E-state index in [0.717, 1.165) is 47.7 Å². The lowest BCUT2D eigenvalue weighted by Crippen LogP contribution is -2.26. The Balaban J connectivity index is 1.29. The predicted molar refractivity (Wildman–Crippen MR) is 95.8 cm³/mol. The van der Waals surface area contributed by atoms with Crippen molar-refractivity contribution >= 4 is 11.4 Å². The Bertz CT molecular complexity index is 991. The SMILES string of the molecule is O=C(NCCc1ccc2c(c1)OCO2)c1nc(C2CC2)n2ccccc12. The molecule has 0 bridgehead atoms. The molecule has 1 aliphatic carbocycles. The molecule has 5 rings (SSSR count). The van der Waals surface area contributed by atoms with E-state index >= 15 is 0 Å². The van der Waals surface area contributed by atoms with Crippen molar-refractivity contribution in [1.82, 2.24) is 14.7 Å². The Morgan fingerprint density at radius 3 is 2.96 bits per heavy atom. The number of carbonyl (C=O) groups is 1. The summed E-state index contributed by atoms with van der Waals surface area (Å²) in [6.07, 6.45) is 5.02. The first kappa shape index (κ1) is 15.3. The van der Waals surface area contributed by atoms with E-state index in [4.69, 9.17) is 9.47 Å². The van der Waals surface area contributed by atoms with Crippen molar-refractivity contribution < 1.29 is 14.3 Å². The minimum Gasteiger partial charge on any atom is -0.454 e. The van der Waals surface area contributed by atoms with Crippen molar-refractivity contribution in [1.29, 1.82) is 0 Å². The molecule has 1 N–H and O–H groups in total. The van der Waals surface area contributed by atoms with Crippen LogP contribution in [0.1, 0.15) is 40.6 Å². The number of hydrogen-bond acceptors (Lipinski definition) is 4. The van der Waals surface area contributed by atoms with Crippen molar-refractivity contribution in [3.8, 4) is 11.5 Å². The number of hydrogen-bond donors (Lipinski definition) is 1. The largest absolute Gasteiger partial charge is 0.454 e. The summed E-state index contributed by atoms with van der Waals surface area (Å²) in [5.74, 6) is 2.90. The van der Waals surface area contributed by atoms with Crippen molar-refractivity contribution in [2.75, 3.05) is 13.3 Å². The molecule has 1 amide bonds. The summed E-state index contributed by atoms with van der Waals surface area (Å²) in [7, 11) is 0. The Kier molecular flexibility index (Phi) is 3.55. The van der Waals surface area contributed by atoms with E-state index in [-0.39, 0.29) is 12.7 Å². The molecule has 1 aromatic carbocycles. The molecule has 0 atom stereocenters. The molecule has 2 aliphatic rings. The lowest BCUT2D eigenvalue weighted by atomic mass is 10.1. The number of carbonyl (C=O) groups excluding carboxylic acids is 1. The van der Waals surface area contributed by atoms with E-state index < -0.39 is 0 Å². The number of aromatic nitrogens is 2. The second kappa shape index (κ2) is 6.05. The van der Waals surface area contributed by atoms with Gasteiger partial charge >= 0.3 is 0 Å². The highest BCUT2D eigenvalue weighted by molar-refractivity contribution is 5.99. The van der Waals surface area contributed by atoms with E-state index in [1.54, 1.807) is 0 Å². The first-order valence-corrected chi connectivity index (χ1v) is 8.93. The molecule has 0 saturated heterocycles. The van der Waals surface area contributed by atoms with Crippen molar-refractivity contribution in [3.63, 3.8) is 0 Å². The minimum atomic E-state index is -0.124. The van der Waals surface area contributed by atoms with Gasteiger partial charge in [0.25, 0.3) is 5.91 Å². The Morgan fingerprint density at radius 2 is 2.08 bits per heavy atom. The molecule has 2 aromatic heterocycles. The fourth-order valence-corrected chi connectivity index (χ4v) is 3.36. The van der Waals surface area contributed by atoms with Crippen LogP contribution in [0.4, 0.5) is 0 Å². The average Bonchev–Trinajstić information content (AvgIpc) is 3.27. The third-order valence-electron chi connectivity index (χ3n) is 4.87. The van der Waals surface area contributed by atoms with E-state index in [1.165, 1.54) is 0 Å². The molecule has 6 nitrogen and oxygen atoms in total. The maximum Gasteiger partial charge on any atom is 0.272 e.